The maximum absolute atomic E-state index is 12.0. The molecule has 19 heavy (non-hydrogen) atoms. The van der Waals surface area contributed by atoms with Crippen molar-refractivity contribution in [2.75, 3.05) is 6.54 Å². The van der Waals surface area contributed by atoms with Crippen molar-refractivity contribution in [1.29, 1.82) is 0 Å². The van der Waals surface area contributed by atoms with Gasteiger partial charge in [0.15, 0.2) is 6.29 Å². The van der Waals surface area contributed by atoms with Crippen molar-refractivity contribution in [3.8, 4) is 0 Å². The number of hydrogen-bond donors (Lipinski definition) is 2. The van der Waals surface area contributed by atoms with Gasteiger partial charge in [-0.15, -0.1) is 0 Å². The van der Waals surface area contributed by atoms with Crippen molar-refractivity contribution in [3.63, 3.8) is 0 Å². The van der Waals surface area contributed by atoms with Crippen LogP contribution in [0.1, 0.15) is 30.9 Å². The molecule has 1 aliphatic heterocycles. The van der Waals surface area contributed by atoms with Gasteiger partial charge in [0.25, 0.3) is 0 Å². The molecule has 0 aromatic heterocycles. The molecule has 2 rings (SSSR count). The summed E-state index contributed by atoms with van der Waals surface area (Å²) < 4.78 is 0. The van der Waals surface area contributed by atoms with Crippen LogP contribution in [0.15, 0.2) is 24.3 Å². The Morgan fingerprint density at radius 2 is 2.16 bits per heavy atom. The molecular weight excluding hydrogens is 240 g/mol. The van der Waals surface area contributed by atoms with E-state index in [2.05, 4.69) is 5.32 Å². The van der Waals surface area contributed by atoms with Gasteiger partial charge >= 0.3 is 0 Å². The number of benzene rings is 1. The summed E-state index contributed by atoms with van der Waals surface area (Å²) in [5.74, 6) is -0.669. The van der Waals surface area contributed by atoms with Gasteiger partial charge in [-0.25, -0.2) is 0 Å². The lowest BCUT2D eigenvalue weighted by Gasteiger charge is -2.28. The summed E-state index contributed by atoms with van der Waals surface area (Å²) in [6.45, 7) is 5.05. The summed E-state index contributed by atoms with van der Waals surface area (Å²) in [5, 5.41) is 3.34. The van der Waals surface area contributed by atoms with Crippen LogP contribution < -0.4 is 11.1 Å². The van der Waals surface area contributed by atoms with E-state index in [1.54, 1.807) is 0 Å². The van der Waals surface area contributed by atoms with Gasteiger partial charge in [-0.3, -0.25) is 9.59 Å². The van der Waals surface area contributed by atoms with Crippen LogP contribution in [-0.2, 0) is 16.1 Å². The van der Waals surface area contributed by atoms with E-state index in [1.807, 2.05) is 38.1 Å². The lowest BCUT2D eigenvalue weighted by atomic mass is 9.76. The molecule has 2 atom stereocenters. The quantitative estimate of drug-likeness (QED) is 0.625. The zero-order valence-electron chi connectivity index (χ0n) is 11.3. The van der Waals surface area contributed by atoms with Crippen LogP contribution in [0.25, 0.3) is 0 Å². The Hall–Kier alpha value is -1.52. The van der Waals surface area contributed by atoms with E-state index in [0.29, 0.717) is 19.4 Å². The fourth-order valence-corrected chi connectivity index (χ4v) is 3.10. The number of nitrogens with one attached hydrogen (secondary N) is 1. The number of carbonyl (C=O) groups is 2. The van der Waals surface area contributed by atoms with Crippen molar-refractivity contribution in [2.24, 2.45) is 11.7 Å². The third-order valence-corrected chi connectivity index (χ3v) is 4.05. The average Bonchev–Trinajstić information content (AvgIpc) is 2.73. The highest BCUT2D eigenvalue weighted by Crippen LogP contribution is 2.39. The van der Waals surface area contributed by atoms with E-state index < -0.39 is 0 Å². The first kappa shape index (κ1) is 13.9. The highest BCUT2D eigenvalue weighted by molar-refractivity contribution is 6.26. The van der Waals surface area contributed by atoms with Crippen LogP contribution in [0, 0.1) is 5.92 Å². The average molecular weight is 260 g/mol. The molecular formula is C15H20N2O2. The zero-order valence-corrected chi connectivity index (χ0v) is 11.3. The third kappa shape index (κ3) is 2.46. The molecule has 0 amide bonds. The topological polar surface area (TPSA) is 72.2 Å². The molecule has 0 saturated carbocycles. The maximum Gasteiger partial charge on any atom is 0.200 e. The Morgan fingerprint density at radius 1 is 1.47 bits per heavy atom. The summed E-state index contributed by atoms with van der Waals surface area (Å²) in [7, 11) is 0. The van der Waals surface area contributed by atoms with Crippen molar-refractivity contribution >= 4 is 12.1 Å². The minimum Gasteiger partial charge on any atom is -0.326 e. The van der Waals surface area contributed by atoms with Crippen LogP contribution in [0.3, 0.4) is 0 Å². The lowest BCUT2D eigenvalue weighted by molar-refractivity contribution is -0.133. The Balaban J connectivity index is 2.43. The lowest BCUT2D eigenvalue weighted by Crippen LogP contribution is -2.42. The number of hydrogen-bond acceptors (Lipinski definition) is 4. The van der Waals surface area contributed by atoms with Crippen LogP contribution in [0.4, 0.5) is 0 Å². The van der Waals surface area contributed by atoms with E-state index in [4.69, 9.17) is 5.73 Å². The Labute approximate surface area is 113 Å². The molecule has 3 N–H and O–H groups in total. The van der Waals surface area contributed by atoms with Gasteiger partial charge in [-0.05, 0) is 25.0 Å². The Morgan fingerprint density at radius 3 is 2.79 bits per heavy atom. The summed E-state index contributed by atoms with van der Waals surface area (Å²) in [6, 6.07) is 7.86. The second-order valence-electron chi connectivity index (χ2n) is 5.61. The molecule has 1 aliphatic rings. The zero-order chi connectivity index (χ0) is 14.0. The molecule has 4 heteroatoms. The number of rotatable bonds is 4. The molecule has 0 radical (unpaired) electrons. The standard InChI is InChI=1S/C15H20N2O2/c1-15(2)14(13(19)9-18)12(8-17-15)11-6-4-3-5-10(11)7-16/h3-6,9,12,14,17H,7-8,16H2,1-2H3. The van der Waals surface area contributed by atoms with Gasteiger partial charge in [0.2, 0.25) is 5.78 Å². The Kier molecular flexibility index (Phi) is 3.83. The summed E-state index contributed by atoms with van der Waals surface area (Å²) in [4.78, 5) is 22.9. The Bertz CT molecular complexity index is 497. The third-order valence-electron chi connectivity index (χ3n) is 4.05. The first-order valence-electron chi connectivity index (χ1n) is 6.53. The van der Waals surface area contributed by atoms with Gasteiger partial charge in [-0.1, -0.05) is 24.3 Å². The SMILES string of the molecule is CC1(C)NCC(c2ccccc2CN)C1C(=O)C=O. The first-order valence-corrected chi connectivity index (χ1v) is 6.53. The largest absolute Gasteiger partial charge is 0.326 e. The molecule has 1 aromatic carbocycles. The van der Waals surface area contributed by atoms with E-state index in [1.165, 1.54) is 0 Å². The summed E-state index contributed by atoms with van der Waals surface area (Å²) in [6.07, 6.45) is 0.442. The molecule has 1 heterocycles. The van der Waals surface area contributed by atoms with Crippen molar-refractivity contribution < 1.29 is 9.59 Å². The fourth-order valence-electron chi connectivity index (χ4n) is 3.10. The fraction of sp³-hybridized carbons (Fsp3) is 0.467. The summed E-state index contributed by atoms with van der Waals surface area (Å²) >= 11 is 0. The normalized spacial score (nSPS) is 25.2. The number of Topliss-reactive ketones (excluding diaryl/α,β-unsaturated/α-hetero) is 1. The predicted octanol–water partition coefficient (Wildman–Crippen LogP) is 0.995. The van der Waals surface area contributed by atoms with Crippen molar-refractivity contribution in [2.45, 2.75) is 31.8 Å². The molecule has 1 saturated heterocycles. The van der Waals surface area contributed by atoms with Crippen LogP contribution >= 0.6 is 0 Å². The second-order valence-corrected chi connectivity index (χ2v) is 5.61. The number of ketones is 1. The highest BCUT2D eigenvalue weighted by Gasteiger charge is 2.46. The molecule has 0 aliphatic carbocycles. The molecule has 4 nitrogen and oxygen atoms in total. The van der Waals surface area contributed by atoms with Gasteiger partial charge in [0, 0.05) is 24.5 Å². The smallest absolute Gasteiger partial charge is 0.200 e. The number of carbonyl (C=O) groups excluding carboxylic acids is 2. The maximum atomic E-state index is 12.0. The molecule has 1 aromatic rings. The first-order chi connectivity index (χ1) is 9.01. The van der Waals surface area contributed by atoms with E-state index in [-0.39, 0.29) is 23.2 Å². The van der Waals surface area contributed by atoms with E-state index in [0.717, 1.165) is 11.1 Å². The summed E-state index contributed by atoms with van der Waals surface area (Å²) in [5.41, 5.74) is 7.50. The molecule has 0 spiro atoms. The molecule has 102 valence electrons. The molecule has 0 bridgehead atoms. The van der Waals surface area contributed by atoms with Crippen LogP contribution in [0.2, 0.25) is 0 Å². The number of aldehydes is 1. The van der Waals surface area contributed by atoms with Gasteiger partial charge in [0.1, 0.15) is 0 Å². The van der Waals surface area contributed by atoms with Gasteiger partial charge < -0.3 is 11.1 Å². The van der Waals surface area contributed by atoms with Crippen LogP contribution in [-0.4, -0.2) is 24.2 Å². The monoisotopic (exact) mass is 260 g/mol. The molecule has 2 unspecified atom stereocenters. The minimum absolute atomic E-state index is 0.00690. The predicted molar refractivity (Wildman–Crippen MR) is 73.7 cm³/mol. The minimum atomic E-state index is -0.371. The van der Waals surface area contributed by atoms with Crippen LogP contribution in [0.5, 0.6) is 0 Å². The van der Waals surface area contributed by atoms with Gasteiger partial charge in [0.05, 0.1) is 5.92 Å². The molecule has 1 fully saturated rings. The number of nitrogens with two attached hydrogens (primary N) is 1. The second kappa shape index (κ2) is 5.23. The van der Waals surface area contributed by atoms with E-state index >= 15 is 0 Å². The van der Waals surface area contributed by atoms with Crippen molar-refractivity contribution in [1.82, 2.24) is 5.32 Å². The van der Waals surface area contributed by atoms with Crippen molar-refractivity contribution in [3.05, 3.63) is 35.4 Å². The van der Waals surface area contributed by atoms with E-state index in [9.17, 15) is 9.59 Å². The van der Waals surface area contributed by atoms with Gasteiger partial charge in [-0.2, -0.15) is 0 Å². The highest BCUT2D eigenvalue weighted by atomic mass is 16.2.